The highest BCUT2D eigenvalue weighted by atomic mass is 35.5. The van der Waals surface area contributed by atoms with Crippen molar-refractivity contribution in [2.24, 2.45) is 0 Å². The van der Waals surface area contributed by atoms with E-state index in [9.17, 15) is 13.6 Å². The van der Waals surface area contributed by atoms with Gasteiger partial charge in [-0.2, -0.15) is 0 Å². The molecule has 0 aliphatic heterocycles. The average Bonchev–Trinajstić information content (AvgIpc) is 3.11. The number of rotatable bonds is 7. The minimum Gasteiger partial charge on any atom is -0.462 e. The van der Waals surface area contributed by atoms with Crippen molar-refractivity contribution in [3.63, 3.8) is 0 Å². The average molecular weight is 473 g/mol. The summed E-state index contributed by atoms with van der Waals surface area (Å²) >= 11 is 7.35. The Bertz CT molecular complexity index is 1290. The lowest BCUT2D eigenvalue weighted by atomic mass is 10.2. The number of benzene rings is 3. The fourth-order valence-electron chi connectivity index (χ4n) is 3.33. The summed E-state index contributed by atoms with van der Waals surface area (Å²) in [7, 11) is 0. The Morgan fingerprint density at radius 3 is 2.75 bits per heavy atom. The summed E-state index contributed by atoms with van der Waals surface area (Å²) in [5, 5.41) is 1.07. The summed E-state index contributed by atoms with van der Waals surface area (Å²) in [4.78, 5) is 16.8. The third-order valence-electron chi connectivity index (χ3n) is 4.82. The number of hydrogen-bond acceptors (Lipinski definition) is 4. The zero-order valence-corrected chi connectivity index (χ0v) is 18.7. The fraction of sp³-hybridized carbons (Fsp3) is 0.167. The normalized spacial score (nSPS) is 11.1. The van der Waals surface area contributed by atoms with Crippen LogP contribution in [0, 0.1) is 11.6 Å². The lowest BCUT2D eigenvalue weighted by molar-refractivity contribution is 0.0526. The zero-order valence-electron chi connectivity index (χ0n) is 17.1. The second-order valence-corrected chi connectivity index (χ2v) is 8.44. The van der Waals surface area contributed by atoms with E-state index in [1.807, 2.05) is 10.6 Å². The van der Waals surface area contributed by atoms with Gasteiger partial charge >= 0.3 is 5.97 Å². The molecule has 0 aliphatic rings. The zero-order chi connectivity index (χ0) is 22.7. The third-order valence-corrected chi connectivity index (χ3v) is 6.08. The number of thioether (sulfide) groups is 1. The van der Waals surface area contributed by atoms with Crippen molar-refractivity contribution < 1.29 is 18.3 Å². The third kappa shape index (κ3) is 4.95. The van der Waals surface area contributed by atoms with Crippen LogP contribution < -0.4 is 0 Å². The van der Waals surface area contributed by atoms with E-state index in [2.05, 4.69) is 4.98 Å². The highest BCUT2D eigenvalue weighted by molar-refractivity contribution is 7.98. The number of ether oxygens (including phenoxy) is 1. The second kappa shape index (κ2) is 9.71. The Hall–Kier alpha value is -2.90. The summed E-state index contributed by atoms with van der Waals surface area (Å²) in [5.41, 5.74) is 2.98. The van der Waals surface area contributed by atoms with Gasteiger partial charge in [0.15, 0.2) is 5.16 Å². The number of carbonyl (C=O) groups excluding carboxylic acids is 1. The molecule has 0 amide bonds. The molecule has 0 radical (unpaired) electrons. The Kier molecular flexibility index (Phi) is 6.77. The van der Waals surface area contributed by atoms with E-state index < -0.39 is 5.97 Å². The Morgan fingerprint density at radius 1 is 1.12 bits per heavy atom. The van der Waals surface area contributed by atoms with Crippen molar-refractivity contribution in [1.29, 1.82) is 0 Å². The molecule has 0 saturated carbocycles. The second-order valence-electron chi connectivity index (χ2n) is 7.06. The van der Waals surface area contributed by atoms with Crippen LogP contribution in [0.15, 0.2) is 65.8 Å². The maximum Gasteiger partial charge on any atom is 0.338 e. The number of esters is 1. The molecule has 4 nitrogen and oxygen atoms in total. The summed E-state index contributed by atoms with van der Waals surface area (Å²) in [5.74, 6) is -0.792. The number of fused-ring (bicyclic) bond motifs is 1. The van der Waals surface area contributed by atoms with Crippen molar-refractivity contribution in [1.82, 2.24) is 9.55 Å². The van der Waals surface area contributed by atoms with E-state index in [0.29, 0.717) is 39.1 Å². The van der Waals surface area contributed by atoms with Crippen molar-refractivity contribution in [2.75, 3.05) is 6.61 Å². The SMILES string of the molecule is CCOC(=O)c1ccc2c(c1)nc(SCc1cc(Cl)ccc1F)n2Cc1cccc(F)c1. The summed E-state index contributed by atoms with van der Waals surface area (Å²) in [6.45, 7) is 2.39. The highest BCUT2D eigenvalue weighted by Gasteiger charge is 2.16. The molecular formula is C24H19ClF2N2O2S. The lowest BCUT2D eigenvalue weighted by Crippen LogP contribution is -2.05. The number of carbonyl (C=O) groups is 1. The van der Waals surface area contributed by atoms with Gasteiger partial charge in [0.05, 0.1) is 29.7 Å². The lowest BCUT2D eigenvalue weighted by Gasteiger charge is -2.10. The van der Waals surface area contributed by atoms with E-state index in [1.165, 1.54) is 36.0 Å². The molecule has 164 valence electrons. The molecule has 1 heterocycles. The Balaban J connectivity index is 1.72. The van der Waals surface area contributed by atoms with Crippen LogP contribution in [-0.2, 0) is 17.0 Å². The molecule has 0 unspecified atom stereocenters. The van der Waals surface area contributed by atoms with Gasteiger partial charge < -0.3 is 9.30 Å². The van der Waals surface area contributed by atoms with Gasteiger partial charge in [0.1, 0.15) is 11.6 Å². The van der Waals surface area contributed by atoms with Crippen LogP contribution in [0.25, 0.3) is 11.0 Å². The molecule has 8 heteroatoms. The molecule has 0 bridgehead atoms. The predicted molar refractivity (Wildman–Crippen MR) is 122 cm³/mol. The summed E-state index contributed by atoms with van der Waals surface area (Å²) in [6.07, 6.45) is 0. The fourth-order valence-corrected chi connectivity index (χ4v) is 4.51. The van der Waals surface area contributed by atoms with Gasteiger partial charge in [-0.1, -0.05) is 35.5 Å². The van der Waals surface area contributed by atoms with Gasteiger partial charge in [-0.3, -0.25) is 0 Å². The maximum absolute atomic E-state index is 14.2. The van der Waals surface area contributed by atoms with Crippen molar-refractivity contribution in [3.05, 3.63) is 94.0 Å². The highest BCUT2D eigenvalue weighted by Crippen LogP contribution is 2.30. The molecule has 0 spiro atoms. The van der Waals surface area contributed by atoms with Gasteiger partial charge in [-0.25, -0.2) is 18.6 Å². The molecule has 0 N–H and O–H groups in total. The minimum atomic E-state index is -0.427. The molecule has 0 fully saturated rings. The van der Waals surface area contributed by atoms with Gasteiger partial charge in [0, 0.05) is 10.8 Å². The van der Waals surface area contributed by atoms with Crippen LogP contribution >= 0.6 is 23.4 Å². The van der Waals surface area contributed by atoms with Crippen molar-refractivity contribution in [2.45, 2.75) is 24.4 Å². The van der Waals surface area contributed by atoms with Gasteiger partial charge in [0.25, 0.3) is 0 Å². The molecule has 0 saturated heterocycles. The molecule has 32 heavy (non-hydrogen) atoms. The first-order chi connectivity index (χ1) is 15.4. The number of hydrogen-bond donors (Lipinski definition) is 0. The van der Waals surface area contributed by atoms with Crippen LogP contribution in [0.4, 0.5) is 8.78 Å². The van der Waals surface area contributed by atoms with E-state index in [1.54, 1.807) is 37.3 Å². The van der Waals surface area contributed by atoms with Crippen LogP contribution in [0.2, 0.25) is 5.02 Å². The first kappa shape index (κ1) is 22.3. The number of nitrogens with zero attached hydrogens (tertiary/aromatic N) is 2. The van der Waals surface area contributed by atoms with E-state index in [-0.39, 0.29) is 18.2 Å². The largest absolute Gasteiger partial charge is 0.462 e. The van der Waals surface area contributed by atoms with E-state index in [0.717, 1.165) is 11.1 Å². The van der Waals surface area contributed by atoms with Gasteiger partial charge in [-0.15, -0.1) is 0 Å². The first-order valence-electron chi connectivity index (χ1n) is 9.93. The van der Waals surface area contributed by atoms with Crippen LogP contribution in [0.3, 0.4) is 0 Å². The van der Waals surface area contributed by atoms with Gasteiger partial charge in [-0.05, 0) is 66.6 Å². The van der Waals surface area contributed by atoms with Gasteiger partial charge in [0.2, 0.25) is 0 Å². The molecule has 0 aliphatic carbocycles. The summed E-state index contributed by atoms with van der Waals surface area (Å²) < 4.78 is 34.9. The minimum absolute atomic E-state index is 0.275. The molecule has 3 aromatic carbocycles. The van der Waals surface area contributed by atoms with Crippen LogP contribution in [-0.4, -0.2) is 22.1 Å². The van der Waals surface area contributed by atoms with E-state index in [4.69, 9.17) is 16.3 Å². The molecule has 4 rings (SSSR count). The van der Waals surface area contributed by atoms with Crippen LogP contribution in [0.1, 0.15) is 28.4 Å². The van der Waals surface area contributed by atoms with E-state index >= 15 is 0 Å². The standard InChI is InChI=1S/C24H19ClF2N2O2S/c1-2-31-23(30)16-6-9-22-21(12-16)28-24(29(22)13-15-4-3-5-19(26)10-15)32-14-17-11-18(25)7-8-20(17)27/h3-12H,2,13-14H2,1H3. The van der Waals surface area contributed by atoms with Crippen LogP contribution in [0.5, 0.6) is 0 Å². The van der Waals surface area contributed by atoms with Crippen molar-refractivity contribution >= 4 is 40.4 Å². The number of aromatic nitrogens is 2. The monoisotopic (exact) mass is 472 g/mol. The Morgan fingerprint density at radius 2 is 1.97 bits per heavy atom. The van der Waals surface area contributed by atoms with Crippen molar-refractivity contribution in [3.8, 4) is 0 Å². The topological polar surface area (TPSA) is 44.1 Å². The molecule has 1 aromatic heterocycles. The molecular weight excluding hydrogens is 454 g/mol. The molecule has 4 aromatic rings. The number of imidazole rings is 1. The number of halogens is 3. The smallest absolute Gasteiger partial charge is 0.338 e. The summed E-state index contributed by atoms with van der Waals surface area (Å²) in [6, 6.07) is 15.9. The maximum atomic E-state index is 14.2. The Labute approximate surface area is 193 Å². The quantitative estimate of drug-likeness (QED) is 0.228. The predicted octanol–water partition coefficient (Wildman–Crippen LogP) is 6.49. The molecule has 0 atom stereocenters. The first-order valence-corrected chi connectivity index (χ1v) is 11.3.